The zero-order chi connectivity index (χ0) is 30.2. The first kappa shape index (κ1) is 27.9. The molecule has 7 nitrogen and oxygen atoms in total. The third-order valence-electron chi connectivity index (χ3n) is 7.51. The highest BCUT2D eigenvalue weighted by Crippen LogP contribution is 2.30. The van der Waals surface area contributed by atoms with Gasteiger partial charge in [-0.05, 0) is 55.5 Å². The van der Waals surface area contributed by atoms with Gasteiger partial charge in [-0.3, -0.25) is 19.1 Å². The number of imidazole rings is 1. The number of hydrogen-bond acceptors (Lipinski definition) is 5. The summed E-state index contributed by atoms with van der Waals surface area (Å²) in [5, 5.41) is 9.39. The first-order valence-electron chi connectivity index (χ1n) is 13.9. The lowest BCUT2D eigenvalue weighted by atomic mass is 10.00. The second-order valence-corrected chi connectivity index (χ2v) is 11.1. The van der Waals surface area contributed by atoms with Gasteiger partial charge in [0.15, 0.2) is 5.82 Å². The molecule has 0 saturated carbocycles. The number of hydrogen-bond donors (Lipinski definition) is 0. The Labute approximate surface area is 263 Å². The van der Waals surface area contributed by atoms with Crippen LogP contribution in [-0.2, 0) is 13.1 Å². The summed E-state index contributed by atoms with van der Waals surface area (Å²) in [5.74, 6) is 1.40. The first-order valence-corrected chi connectivity index (χ1v) is 14.7. The molecule has 0 spiro atoms. The van der Waals surface area contributed by atoms with Crippen molar-refractivity contribution in [2.75, 3.05) is 0 Å². The fourth-order valence-corrected chi connectivity index (χ4v) is 5.85. The van der Waals surface area contributed by atoms with Crippen LogP contribution in [0.2, 0.25) is 10.0 Å². The quantitative estimate of drug-likeness (QED) is 0.200. The predicted octanol–water partition coefficient (Wildman–Crippen LogP) is 7.60. The zero-order valence-electron chi connectivity index (χ0n) is 23.5. The van der Waals surface area contributed by atoms with E-state index in [9.17, 15) is 4.39 Å². The predicted molar refractivity (Wildman–Crippen MR) is 171 cm³/mol. The molecule has 44 heavy (non-hydrogen) atoms. The highest BCUT2D eigenvalue weighted by molar-refractivity contribution is 6.32. The lowest BCUT2D eigenvalue weighted by Gasteiger charge is -2.14. The van der Waals surface area contributed by atoms with Crippen molar-refractivity contribution in [1.29, 1.82) is 0 Å². The molecule has 6 aromatic rings. The van der Waals surface area contributed by atoms with Gasteiger partial charge in [-0.2, -0.15) is 0 Å². The number of aryl methyl sites for hydroxylation is 1. The molecule has 0 unspecified atom stereocenters. The number of fused-ring (bicyclic) bond motifs is 6. The summed E-state index contributed by atoms with van der Waals surface area (Å²) in [4.78, 5) is 13.7. The van der Waals surface area contributed by atoms with Gasteiger partial charge in [0.05, 0.1) is 41.2 Å². The number of halogens is 3. The molecule has 0 radical (unpaired) electrons. The van der Waals surface area contributed by atoms with Crippen molar-refractivity contribution in [2.24, 2.45) is 9.98 Å². The molecule has 0 fully saturated rings. The average molecular weight is 621 g/mol. The molecule has 216 valence electrons. The van der Waals surface area contributed by atoms with Crippen molar-refractivity contribution in [3.05, 3.63) is 159 Å². The zero-order valence-corrected chi connectivity index (χ0v) is 25.0. The van der Waals surface area contributed by atoms with Gasteiger partial charge < -0.3 is 0 Å². The number of aliphatic imine (C=N–C) groups is 2. The van der Waals surface area contributed by atoms with Crippen molar-refractivity contribution in [1.82, 2.24) is 24.3 Å². The summed E-state index contributed by atoms with van der Waals surface area (Å²) in [5.41, 5.74) is 7.78. The van der Waals surface area contributed by atoms with E-state index in [1.165, 1.54) is 6.07 Å². The third kappa shape index (κ3) is 5.12. The smallest absolute Gasteiger partial charge is 0.159 e. The minimum atomic E-state index is -0.293. The van der Waals surface area contributed by atoms with Crippen LogP contribution >= 0.6 is 23.2 Å². The molecular formula is C34H24Cl2FN7. The van der Waals surface area contributed by atoms with Crippen LogP contribution in [0.15, 0.2) is 114 Å². The number of rotatable bonds is 2. The number of nitrogens with zero attached hydrogens (tertiary/aromatic N) is 7. The van der Waals surface area contributed by atoms with Crippen LogP contribution in [0.5, 0.6) is 0 Å². The maximum Gasteiger partial charge on any atom is 0.159 e. The first-order chi connectivity index (χ1) is 21.5. The number of benzene rings is 4. The van der Waals surface area contributed by atoms with E-state index in [2.05, 4.69) is 32.3 Å². The summed E-state index contributed by atoms with van der Waals surface area (Å²) in [6, 6.07) is 28.2. The Balaban J connectivity index is 0.000000143. The molecule has 0 bridgehead atoms. The fourth-order valence-electron chi connectivity index (χ4n) is 5.51. The van der Waals surface area contributed by atoms with E-state index in [1.807, 2.05) is 82.9 Å². The maximum atomic E-state index is 14.3. The van der Waals surface area contributed by atoms with E-state index in [-0.39, 0.29) is 5.82 Å². The minimum absolute atomic E-state index is 0.293. The van der Waals surface area contributed by atoms with Gasteiger partial charge in [0.2, 0.25) is 0 Å². The highest BCUT2D eigenvalue weighted by Gasteiger charge is 2.23. The van der Waals surface area contributed by atoms with Crippen molar-refractivity contribution >= 4 is 34.6 Å². The molecule has 0 atom stereocenters. The van der Waals surface area contributed by atoms with E-state index in [1.54, 1.807) is 18.5 Å². The molecule has 4 aromatic carbocycles. The molecule has 0 N–H and O–H groups in total. The lowest BCUT2D eigenvalue weighted by Crippen LogP contribution is -2.09. The van der Waals surface area contributed by atoms with Crippen LogP contribution in [0, 0.1) is 12.7 Å². The standard InChI is InChI=1S/C18H13ClFN3.C16H11ClN4/c1-11-21-9-13-10-22-18(14-4-2-3-5-16(14)20)15-8-12(19)6-7-17(15)23(11)13;17-12-6-7-14-13(8-12)16(11-4-2-1-3-5-11)18-9-15-20-19-10-21(14)15/h2-9H,10H2,1H3;1-8,10H,9H2. The van der Waals surface area contributed by atoms with E-state index < -0.39 is 0 Å². The van der Waals surface area contributed by atoms with E-state index in [4.69, 9.17) is 28.2 Å². The van der Waals surface area contributed by atoms with Crippen molar-refractivity contribution in [2.45, 2.75) is 20.0 Å². The Morgan fingerprint density at radius 1 is 0.727 bits per heavy atom. The van der Waals surface area contributed by atoms with Gasteiger partial charge in [0.1, 0.15) is 24.5 Å². The minimum Gasteiger partial charge on any atom is -0.298 e. The van der Waals surface area contributed by atoms with E-state index >= 15 is 0 Å². The van der Waals surface area contributed by atoms with Crippen LogP contribution in [-0.4, -0.2) is 35.7 Å². The van der Waals surface area contributed by atoms with Gasteiger partial charge >= 0.3 is 0 Å². The molecule has 10 heteroatoms. The summed E-state index contributed by atoms with van der Waals surface area (Å²) >= 11 is 12.4. The fraction of sp³-hybridized carbons (Fsp3) is 0.0882. The Bertz CT molecular complexity index is 2080. The topological polar surface area (TPSA) is 73.2 Å². The average Bonchev–Trinajstić information content (AvgIpc) is 3.57. The Hall–Kier alpha value is -4.92. The van der Waals surface area contributed by atoms with Gasteiger partial charge in [0.25, 0.3) is 0 Å². The molecule has 8 rings (SSSR count). The molecular weight excluding hydrogens is 596 g/mol. The Morgan fingerprint density at radius 2 is 1.41 bits per heavy atom. The Kier molecular flexibility index (Phi) is 7.37. The van der Waals surface area contributed by atoms with Crippen molar-refractivity contribution in [3.8, 4) is 11.4 Å². The molecule has 4 heterocycles. The SMILES string of the molecule is Cc1ncc2n1-c1ccc(Cl)cc1C(c1ccccc1F)=NC2.Clc1ccc2c(c1)C(c1ccccc1)=NCc1nncn1-2. The molecule has 2 aliphatic heterocycles. The van der Waals surface area contributed by atoms with Crippen LogP contribution in [0.1, 0.15) is 39.6 Å². The van der Waals surface area contributed by atoms with Crippen molar-refractivity contribution < 1.29 is 4.39 Å². The molecule has 0 aliphatic carbocycles. The molecule has 2 aliphatic rings. The second kappa shape index (κ2) is 11.6. The summed E-state index contributed by atoms with van der Waals surface area (Å²) < 4.78 is 18.3. The van der Waals surface area contributed by atoms with E-state index in [0.717, 1.165) is 51.1 Å². The van der Waals surface area contributed by atoms with Crippen LogP contribution in [0.4, 0.5) is 4.39 Å². The third-order valence-corrected chi connectivity index (χ3v) is 7.98. The van der Waals surface area contributed by atoms with Gasteiger partial charge in [0, 0.05) is 32.3 Å². The molecule has 2 aromatic heterocycles. The summed E-state index contributed by atoms with van der Waals surface area (Å²) in [6.45, 7) is 2.88. The maximum absolute atomic E-state index is 14.3. The van der Waals surface area contributed by atoms with Gasteiger partial charge in [-0.1, -0.05) is 65.7 Å². The monoisotopic (exact) mass is 619 g/mol. The highest BCUT2D eigenvalue weighted by atomic mass is 35.5. The lowest BCUT2D eigenvalue weighted by molar-refractivity contribution is 0.625. The van der Waals surface area contributed by atoms with E-state index in [0.29, 0.717) is 34.4 Å². The van der Waals surface area contributed by atoms with Gasteiger partial charge in [-0.15, -0.1) is 10.2 Å². The largest absolute Gasteiger partial charge is 0.298 e. The van der Waals surface area contributed by atoms with Crippen LogP contribution in [0.25, 0.3) is 11.4 Å². The summed E-state index contributed by atoms with van der Waals surface area (Å²) in [6.07, 6.45) is 3.52. The normalized spacial score (nSPS) is 13.1. The second-order valence-electron chi connectivity index (χ2n) is 10.2. The van der Waals surface area contributed by atoms with Crippen LogP contribution < -0.4 is 0 Å². The van der Waals surface area contributed by atoms with Crippen molar-refractivity contribution in [3.63, 3.8) is 0 Å². The Morgan fingerprint density at radius 3 is 2.18 bits per heavy atom. The van der Waals surface area contributed by atoms with Gasteiger partial charge in [-0.25, -0.2) is 9.37 Å². The molecule has 0 saturated heterocycles. The van der Waals surface area contributed by atoms with Crippen LogP contribution in [0.3, 0.4) is 0 Å². The molecule has 0 amide bonds. The number of aromatic nitrogens is 5. The summed E-state index contributed by atoms with van der Waals surface area (Å²) in [7, 11) is 0.